The first-order valence-corrected chi connectivity index (χ1v) is 13.2. The van der Waals surface area contributed by atoms with Gasteiger partial charge < -0.3 is 19.7 Å². The molecule has 0 amide bonds. The van der Waals surface area contributed by atoms with Crippen LogP contribution in [0.25, 0.3) is 0 Å². The average Bonchev–Trinajstić information content (AvgIpc) is 2.92. The van der Waals surface area contributed by atoms with Crippen molar-refractivity contribution in [1.82, 2.24) is 0 Å². The van der Waals surface area contributed by atoms with E-state index in [4.69, 9.17) is 19.7 Å². The van der Waals surface area contributed by atoms with Crippen molar-refractivity contribution >= 4 is 11.9 Å². The summed E-state index contributed by atoms with van der Waals surface area (Å²) in [5, 5.41) is 18.3. The van der Waals surface area contributed by atoms with Gasteiger partial charge in [0.2, 0.25) is 0 Å². The molecule has 2 N–H and O–H groups in total. The predicted molar refractivity (Wildman–Crippen MR) is 156 cm³/mol. The van der Waals surface area contributed by atoms with E-state index in [1.165, 1.54) is 35.4 Å². The van der Waals surface area contributed by atoms with E-state index in [0.717, 1.165) is 40.2 Å². The maximum atomic E-state index is 11.2. The Balaban J connectivity index is 1.64. The van der Waals surface area contributed by atoms with Crippen molar-refractivity contribution in [3.63, 3.8) is 0 Å². The first-order chi connectivity index (χ1) is 18.9. The largest absolute Gasteiger partial charge is 0.478 e. The van der Waals surface area contributed by atoms with Crippen molar-refractivity contribution in [2.75, 3.05) is 0 Å². The van der Waals surface area contributed by atoms with Crippen molar-refractivity contribution in [2.24, 2.45) is 0 Å². The van der Waals surface area contributed by atoms with Gasteiger partial charge in [0.25, 0.3) is 0 Å². The number of aromatic carboxylic acids is 2. The van der Waals surface area contributed by atoms with Gasteiger partial charge in [-0.15, -0.1) is 0 Å². The zero-order valence-corrected chi connectivity index (χ0v) is 23.7. The number of ether oxygens (including phenoxy) is 2. The van der Waals surface area contributed by atoms with E-state index in [0.29, 0.717) is 11.5 Å². The van der Waals surface area contributed by atoms with Crippen molar-refractivity contribution in [1.29, 1.82) is 0 Å². The van der Waals surface area contributed by atoms with Gasteiger partial charge >= 0.3 is 11.9 Å². The Labute approximate surface area is 234 Å². The topological polar surface area (TPSA) is 93.1 Å². The van der Waals surface area contributed by atoms with Gasteiger partial charge in [-0.3, -0.25) is 0 Å². The summed E-state index contributed by atoms with van der Waals surface area (Å²) in [4.78, 5) is 22.3. The lowest BCUT2D eigenvalue weighted by atomic mass is 9.72. The number of aryl methyl sites for hydroxylation is 4. The van der Waals surface area contributed by atoms with Gasteiger partial charge in [-0.2, -0.15) is 0 Å². The zero-order chi connectivity index (χ0) is 29.2. The first kappa shape index (κ1) is 28.4. The molecule has 0 aliphatic heterocycles. The number of rotatable bonds is 9. The molecule has 0 saturated heterocycles. The Morgan fingerprint density at radius 1 is 0.625 bits per heavy atom. The van der Waals surface area contributed by atoms with Gasteiger partial charge in [0.05, 0.1) is 11.1 Å². The molecular formula is C34H34O6. The van der Waals surface area contributed by atoms with Gasteiger partial charge in [0.15, 0.2) is 0 Å². The Hall–Kier alpha value is -4.58. The molecular weight excluding hydrogens is 504 g/mol. The van der Waals surface area contributed by atoms with E-state index in [9.17, 15) is 9.59 Å². The summed E-state index contributed by atoms with van der Waals surface area (Å²) < 4.78 is 12.3. The third-order valence-electron chi connectivity index (χ3n) is 7.54. The molecule has 0 heterocycles. The van der Waals surface area contributed by atoms with Crippen molar-refractivity contribution < 1.29 is 29.3 Å². The Morgan fingerprint density at radius 3 is 1.18 bits per heavy atom. The summed E-state index contributed by atoms with van der Waals surface area (Å²) in [6.45, 7) is 12.5. The molecule has 0 bridgehead atoms. The second kappa shape index (κ2) is 11.3. The molecule has 0 atom stereocenters. The van der Waals surface area contributed by atoms with E-state index in [1.807, 2.05) is 27.7 Å². The zero-order valence-electron chi connectivity index (χ0n) is 23.7. The normalized spacial score (nSPS) is 11.2. The summed E-state index contributed by atoms with van der Waals surface area (Å²) in [5.74, 6) is 0.747. The highest BCUT2D eigenvalue weighted by Crippen LogP contribution is 2.42. The lowest BCUT2D eigenvalue weighted by Crippen LogP contribution is -2.23. The molecule has 6 nitrogen and oxygen atoms in total. The van der Waals surface area contributed by atoms with Crippen LogP contribution in [0, 0.1) is 27.7 Å². The molecule has 4 aromatic carbocycles. The maximum absolute atomic E-state index is 11.2. The van der Waals surface area contributed by atoms with Crippen LogP contribution in [0.1, 0.15) is 74.4 Å². The number of carboxylic acids is 2. The molecule has 0 radical (unpaired) electrons. The Bertz CT molecular complexity index is 1400. The highest BCUT2D eigenvalue weighted by molar-refractivity contribution is 5.88. The summed E-state index contributed by atoms with van der Waals surface area (Å²) >= 11 is 0. The van der Waals surface area contributed by atoms with Crippen LogP contribution >= 0.6 is 0 Å². The second-order valence-electron chi connectivity index (χ2n) is 10.4. The van der Waals surface area contributed by atoms with E-state index < -0.39 is 11.9 Å². The average molecular weight is 539 g/mol. The van der Waals surface area contributed by atoms with Gasteiger partial charge in [0.1, 0.15) is 23.0 Å². The molecule has 0 unspecified atom stereocenters. The van der Waals surface area contributed by atoms with Gasteiger partial charge in [0, 0.05) is 5.41 Å². The van der Waals surface area contributed by atoms with Crippen LogP contribution in [0.4, 0.5) is 0 Å². The van der Waals surface area contributed by atoms with E-state index in [2.05, 4.69) is 38.1 Å². The van der Waals surface area contributed by atoms with E-state index in [-0.39, 0.29) is 16.5 Å². The first-order valence-electron chi connectivity index (χ1n) is 13.2. The standard InChI is InChI=1S/C34H34O6/c1-7-34(6,26-16-20(2)30(21(3)17-26)39-28-12-8-24(9-13-28)32(35)36)27-18-22(4)31(23(5)19-27)40-29-14-10-25(11-15-29)33(37)38/h8-19H,7H2,1-6H3,(H,35,36)(H,37,38). The Morgan fingerprint density at radius 2 is 0.925 bits per heavy atom. The molecule has 4 rings (SSSR count). The van der Waals surface area contributed by atoms with E-state index >= 15 is 0 Å². The number of hydrogen-bond acceptors (Lipinski definition) is 4. The molecule has 6 heteroatoms. The summed E-state index contributed by atoms with van der Waals surface area (Å²) in [5.41, 5.74) is 6.50. The molecule has 40 heavy (non-hydrogen) atoms. The molecule has 4 aromatic rings. The smallest absolute Gasteiger partial charge is 0.335 e. The van der Waals surface area contributed by atoms with Crippen LogP contribution in [0.2, 0.25) is 0 Å². The Kier molecular flexibility index (Phi) is 8.01. The molecule has 0 saturated carbocycles. The number of carboxylic acid groups (broad SMARTS) is 2. The molecule has 0 aliphatic rings. The number of hydrogen-bond donors (Lipinski definition) is 2. The molecule has 0 aromatic heterocycles. The highest BCUT2D eigenvalue weighted by Gasteiger charge is 2.29. The minimum absolute atomic E-state index is 0.216. The van der Waals surface area contributed by atoms with Crippen molar-refractivity contribution in [2.45, 2.75) is 53.4 Å². The van der Waals surface area contributed by atoms with Crippen LogP contribution in [-0.2, 0) is 5.41 Å². The summed E-state index contributed by atoms with van der Waals surface area (Å²) in [6.07, 6.45) is 0.873. The minimum Gasteiger partial charge on any atom is -0.478 e. The van der Waals surface area contributed by atoms with Crippen LogP contribution in [0.5, 0.6) is 23.0 Å². The monoisotopic (exact) mass is 538 g/mol. The quantitative estimate of drug-likeness (QED) is 0.222. The van der Waals surface area contributed by atoms with Crippen LogP contribution in [0.15, 0.2) is 72.8 Å². The maximum Gasteiger partial charge on any atom is 0.335 e. The highest BCUT2D eigenvalue weighted by atomic mass is 16.5. The van der Waals surface area contributed by atoms with Crippen LogP contribution < -0.4 is 9.47 Å². The summed E-state index contributed by atoms with van der Waals surface area (Å²) in [6, 6.07) is 21.5. The van der Waals surface area contributed by atoms with Crippen molar-refractivity contribution in [3.8, 4) is 23.0 Å². The van der Waals surface area contributed by atoms with Crippen molar-refractivity contribution in [3.05, 3.63) is 117 Å². The molecule has 0 fully saturated rings. The molecule has 0 spiro atoms. The van der Waals surface area contributed by atoms with E-state index in [1.54, 1.807) is 24.3 Å². The van der Waals surface area contributed by atoms with Crippen LogP contribution in [-0.4, -0.2) is 22.2 Å². The number of benzene rings is 4. The van der Waals surface area contributed by atoms with Crippen LogP contribution in [0.3, 0.4) is 0 Å². The SMILES string of the molecule is CCC(C)(c1cc(C)c(Oc2ccc(C(=O)O)cc2)c(C)c1)c1cc(C)c(Oc2ccc(C(=O)O)cc2)c(C)c1. The predicted octanol–water partition coefficient (Wildman–Crippen LogP) is 8.62. The molecule has 0 aliphatic carbocycles. The van der Waals surface area contributed by atoms with Gasteiger partial charge in [-0.25, -0.2) is 9.59 Å². The second-order valence-corrected chi connectivity index (χ2v) is 10.4. The minimum atomic E-state index is -0.971. The summed E-state index contributed by atoms with van der Waals surface area (Å²) in [7, 11) is 0. The van der Waals surface area contributed by atoms with Gasteiger partial charge in [-0.05, 0) is 116 Å². The fourth-order valence-electron chi connectivity index (χ4n) is 5.00. The lowest BCUT2D eigenvalue weighted by Gasteiger charge is -2.32. The third kappa shape index (κ3) is 5.71. The fourth-order valence-corrected chi connectivity index (χ4v) is 5.00. The lowest BCUT2D eigenvalue weighted by molar-refractivity contribution is 0.0686. The third-order valence-corrected chi connectivity index (χ3v) is 7.54. The molecule has 206 valence electrons. The fraction of sp³-hybridized carbons (Fsp3) is 0.235. The number of carbonyl (C=O) groups is 2. The van der Waals surface area contributed by atoms with Gasteiger partial charge in [-0.1, -0.05) is 38.1 Å².